The second kappa shape index (κ2) is 6.23. The van der Waals surface area contributed by atoms with Gasteiger partial charge in [-0.25, -0.2) is 9.59 Å². The van der Waals surface area contributed by atoms with Crippen LogP contribution < -0.4 is 11.1 Å². The molecule has 2 amide bonds. The number of amides is 2. The number of urea groups is 1. The fourth-order valence-electron chi connectivity index (χ4n) is 2.10. The summed E-state index contributed by atoms with van der Waals surface area (Å²) in [7, 11) is 0. The lowest BCUT2D eigenvalue weighted by atomic mass is 10.1. The first-order valence-electron chi connectivity index (χ1n) is 6.31. The molecule has 7 heteroatoms. The van der Waals surface area contributed by atoms with Crippen molar-refractivity contribution in [3.05, 3.63) is 28.2 Å². The maximum absolute atomic E-state index is 12.1. The highest BCUT2D eigenvalue weighted by Crippen LogP contribution is 2.22. The standard InChI is InChI=1S/C13H16BrN3O3/c14-8-1-2-11(10(7-8)12(18)19)16-13(20)17-5-3-9(15)4-6-17/h1-2,7,9H,3-6,15H2,(H,16,20)(H,18,19). The molecule has 0 aromatic heterocycles. The lowest BCUT2D eigenvalue weighted by Gasteiger charge is -2.30. The minimum absolute atomic E-state index is 0.0569. The number of hydrogen-bond donors (Lipinski definition) is 3. The van der Waals surface area contributed by atoms with E-state index < -0.39 is 5.97 Å². The Bertz CT molecular complexity index is 528. The van der Waals surface area contributed by atoms with E-state index in [1.165, 1.54) is 6.07 Å². The third kappa shape index (κ3) is 3.49. The fourth-order valence-corrected chi connectivity index (χ4v) is 2.46. The number of carbonyl (C=O) groups is 2. The molecule has 1 aliphatic heterocycles. The van der Waals surface area contributed by atoms with E-state index >= 15 is 0 Å². The molecule has 108 valence electrons. The predicted octanol–water partition coefficient (Wildman–Crippen LogP) is 2.10. The number of carboxylic acid groups (broad SMARTS) is 1. The number of hydrogen-bond acceptors (Lipinski definition) is 3. The molecule has 20 heavy (non-hydrogen) atoms. The minimum atomic E-state index is -1.08. The van der Waals surface area contributed by atoms with Crippen LogP contribution in [-0.2, 0) is 0 Å². The number of benzene rings is 1. The van der Waals surface area contributed by atoms with Gasteiger partial charge in [-0.1, -0.05) is 15.9 Å². The molecule has 0 bridgehead atoms. The van der Waals surface area contributed by atoms with Gasteiger partial charge >= 0.3 is 12.0 Å². The van der Waals surface area contributed by atoms with E-state index in [-0.39, 0.29) is 17.6 Å². The number of piperidine rings is 1. The third-order valence-electron chi connectivity index (χ3n) is 3.28. The van der Waals surface area contributed by atoms with Gasteiger partial charge in [0.25, 0.3) is 0 Å². The number of carboxylic acids is 1. The first-order valence-corrected chi connectivity index (χ1v) is 7.11. The molecule has 1 fully saturated rings. The molecule has 1 saturated heterocycles. The van der Waals surface area contributed by atoms with Crippen LogP contribution in [0.1, 0.15) is 23.2 Å². The van der Waals surface area contributed by atoms with E-state index in [1.54, 1.807) is 17.0 Å². The SMILES string of the molecule is NC1CCN(C(=O)Nc2ccc(Br)cc2C(=O)O)CC1. The van der Waals surface area contributed by atoms with Crippen LogP contribution in [0, 0.1) is 0 Å². The van der Waals surface area contributed by atoms with E-state index in [4.69, 9.17) is 10.8 Å². The average molecular weight is 342 g/mol. The zero-order valence-corrected chi connectivity index (χ0v) is 12.4. The Kier molecular flexibility index (Phi) is 4.61. The largest absolute Gasteiger partial charge is 0.478 e. The van der Waals surface area contributed by atoms with E-state index in [0.29, 0.717) is 23.2 Å². The number of nitrogens with one attached hydrogen (secondary N) is 1. The molecule has 1 aliphatic rings. The van der Waals surface area contributed by atoms with E-state index in [1.807, 2.05) is 0 Å². The molecule has 6 nitrogen and oxygen atoms in total. The van der Waals surface area contributed by atoms with Crippen molar-refractivity contribution < 1.29 is 14.7 Å². The highest BCUT2D eigenvalue weighted by Gasteiger charge is 2.22. The number of halogens is 1. The highest BCUT2D eigenvalue weighted by atomic mass is 79.9. The molecule has 4 N–H and O–H groups in total. The number of anilines is 1. The van der Waals surface area contributed by atoms with E-state index in [9.17, 15) is 9.59 Å². The molecule has 2 rings (SSSR count). The summed E-state index contributed by atoms with van der Waals surface area (Å²) < 4.78 is 0.650. The summed E-state index contributed by atoms with van der Waals surface area (Å²) in [6.07, 6.45) is 1.53. The van der Waals surface area contributed by atoms with Crippen LogP contribution >= 0.6 is 15.9 Å². The van der Waals surface area contributed by atoms with Crippen LogP contribution in [-0.4, -0.2) is 41.1 Å². The zero-order chi connectivity index (χ0) is 14.7. The van der Waals surface area contributed by atoms with Crippen LogP contribution in [0.2, 0.25) is 0 Å². The second-order valence-corrected chi connectivity index (χ2v) is 5.67. The van der Waals surface area contributed by atoms with Gasteiger partial charge in [0.2, 0.25) is 0 Å². The van der Waals surface area contributed by atoms with Gasteiger partial charge in [-0.15, -0.1) is 0 Å². The third-order valence-corrected chi connectivity index (χ3v) is 3.77. The van der Waals surface area contributed by atoms with Crippen LogP contribution in [0.15, 0.2) is 22.7 Å². The number of aromatic carboxylic acids is 1. The molecular formula is C13H16BrN3O3. The van der Waals surface area contributed by atoms with Crippen molar-refractivity contribution in [2.24, 2.45) is 5.73 Å². The van der Waals surface area contributed by atoms with Crippen molar-refractivity contribution in [1.29, 1.82) is 0 Å². The van der Waals surface area contributed by atoms with Gasteiger partial charge in [0.1, 0.15) is 0 Å². The van der Waals surface area contributed by atoms with E-state index in [2.05, 4.69) is 21.2 Å². The van der Waals surface area contributed by atoms with Gasteiger partial charge < -0.3 is 21.1 Å². The molecule has 0 unspecified atom stereocenters. The monoisotopic (exact) mass is 341 g/mol. The number of likely N-dealkylation sites (tertiary alicyclic amines) is 1. The Labute approximate surface area is 125 Å². The summed E-state index contributed by atoms with van der Waals surface area (Å²) >= 11 is 3.21. The molecule has 0 spiro atoms. The van der Waals surface area contributed by atoms with Crippen molar-refractivity contribution in [2.45, 2.75) is 18.9 Å². The summed E-state index contributed by atoms with van der Waals surface area (Å²) in [5, 5.41) is 11.8. The van der Waals surface area contributed by atoms with Gasteiger partial charge in [0, 0.05) is 23.6 Å². The summed E-state index contributed by atoms with van der Waals surface area (Å²) in [5.74, 6) is -1.08. The maximum Gasteiger partial charge on any atom is 0.337 e. The van der Waals surface area contributed by atoms with Gasteiger partial charge in [-0.2, -0.15) is 0 Å². The molecule has 0 radical (unpaired) electrons. The Balaban J connectivity index is 2.10. The Morgan fingerprint density at radius 3 is 2.60 bits per heavy atom. The van der Waals surface area contributed by atoms with Crippen LogP contribution in [0.25, 0.3) is 0 Å². The molecule has 1 aromatic rings. The lowest BCUT2D eigenvalue weighted by molar-refractivity contribution is 0.0698. The number of carbonyl (C=O) groups excluding carboxylic acids is 1. The van der Waals surface area contributed by atoms with Crippen LogP contribution in [0.3, 0.4) is 0 Å². The zero-order valence-electron chi connectivity index (χ0n) is 10.8. The number of nitrogens with two attached hydrogens (primary N) is 1. The highest BCUT2D eigenvalue weighted by molar-refractivity contribution is 9.10. The summed E-state index contributed by atoms with van der Waals surface area (Å²) in [5.41, 5.74) is 6.14. The smallest absolute Gasteiger partial charge is 0.337 e. The van der Waals surface area contributed by atoms with Crippen molar-refractivity contribution in [2.75, 3.05) is 18.4 Å². The topological polar surface area (TPSA) is 95.7 Å². The predicted molar refractivity (Wildman–Crippen MR) is 78.9 cm³/mol. The van der Waals surface area contributed by atoms with Crippen molar-refractivity contribution >= 4 is 33.6 Å². The Morgan fingerprint density at radius 1 is 1.35 bits per heavy atom. The first kappa shape index (κ1) is 14.8. The van der Waals surface area contributed by atoms with Gasteiger partial charge in [0.05, 0.1) is 11.3 Å². The van der Waals surface area contributed by atoms with Gasteiger partial charge in [0.15, 0.2) is 0 Å². The fraction of sp³-hybridized carbons (Fsp3) is 0.385. The number of nitrogens with zero attached hydrogens (tertiary/aromatic N) is 1. The van der Waals surface area contributed by atoms with Crippen molar-refractivity contribution in [3.63, 3.8) is 0 Å². The minimum Gasteiger partial charge on any atom is -0.478 e. The summed E-state index contributed by atoms with van der Waals surface area (Å²) in [6.45, 7) is 1.18. The van der Waals surface area contributed by atoms with Crippen molar-refractivity contribution in [1.82, 2.24) is 4.90 Å². The Hall–Kier alpha value is -1.60. The normalized spacial score (nSPS) is 16.0. The Morgan fingerprint density at radius 2 is 2.00 bits per heavy atom. The van der Waals surface area contributed by atoms with E-state index in [0.717, 1.165) is 12.8 Å². The first-order chi connectivity index (χ1) is 9.47. The van der Waals surface area contributed by atoms with Gasteiger partial charge in [-0.05, 0) is 31.0 Å². The molecule has 0 aliphatic carbocycles. The number of rotatable bonds is 2. The van der Waals surface area contributed by atoms with Crippen LogP contribution in [0.4, 0.5) is 10.5 Å². The van der Waals surface area contributed by atoms with Crippen LogP contribution in [0.5, 0.6) is 0 Å². The molecule has 0 saturated carbocycles. The molecule has 1 aromatic carbocycles. The summed E-state index contributed by atoms with van der Waals surface area (Å²) in [4.78, 5) is 24.9. The second-order valence-electron chi connectivity index (χ2n) is 4.75. The molecule has 1 heterocycles. The molecular weight excluding hydrogens is 326 g/mol. The molecule has 0 atom stereocenters. The average Bonchev–Trinajstić information content (AvgIpc) is 2.41. The summed E-state index contributed by atoms with van der Waals surface area (Å²) in [6, 6.07) is 4.57. The quantitative estimate of drug-likeness (QED) is 0.767. The lowest BCUT2D eigenvalue weighted by Crippen LogP contribution is -2.44. The van der Waals surface area contributed by atoms with Gasteiger partial charge in [-0.3, -0.25) is 0 Å². The maximum atomic E-state index is 12.1. The van der Waals surface area contributed by atoms with Crippen molar-refractivity contribution in [3.8, 4) is 0 Å².